The van der Waals surface area contributed by atoms with Gasteiger partial charge in [-0.1, -0.05) is 41.9 Å². The molecule has 0 saturated carbocycles. The highest BCUT2D eigenvalue weighted by molar-refractivity contribution is 6.30. The monoisotopic (exact) mass is 368 g/mol. The van der Waals surface area contributed by atoms with Gasteiger partial charge in [0.1, 0.15) is 5.75 Å². The highest BCUT2D eigenvalue weighted by Crippen LogP contribution is 2.21. The molecule has 0 unspecified atom stereocenters. The van der Waals surface area contributed by atoms with E-state index >= 15 is 0 Å². The second-order valence-corrected chi connectivity index (χ2v) is 6.16. The number of nitrogens with one attached hydrogen (secondary N) is 2. The Bertz CT molecular complexity index is 941. The minimum Gasteiger partial charge on any atom is -0.481 e. The summed E-state index contributed by atoms with van der Waals surface area (Å²) in [4.78, 5) is 24.1. The number of hydrazine groups is 1. The Morgan fingerprint density at radius 3 is 2.35 bits per heavy atom. The van der Waals surface area contributed by atoms with Gasteiger partial charge < -0.3 is 4.74 Å². The SMILES string of the molecule is C[C@H](Oc1ccc2ccccc2c1)C(=O)NNC(=O)c1ccc(Cl)cc1. The number of halogens is 1. The lowest BCUT2D eigenvalue weighted by Crippen LogP contribution is -2.47. The fourth-order valence-electron chi connectivity index (χ4n) is 2.39. The quantitative estimate of drug-likeness (QED) is 0.690. The molecule has 6 heteroatoms. The number of fused-ring (bicyclic) bond motifs is 1. The van der Waals surface area contributed by atoms with Crippen LogP contribution in [-0.2, 0) is 4.79 Å². The van der Waals surface area contributed by atoms with E-state index in [1.165, 1.54) is 0 Å². The zero-order chi connectivity index (χ0) is 18.5. The summed E-state index contributed by atoms with van der Waals surface area (Å²) in [5.74, 6) is -0.316. The molecule has 0 spiro atoms. The normalized spacial score (nSPS) is 11.6. The topological polar surface area (TPSA) is 67.4 Å². The molecule has 2 N–H and O–H groups in total. The van der Waals surface area contributed by atoms with Gasteiger partial charge in [-0.3, -0.25) is 20.4 Å². The number of ether oxygens (including phenoxy) is 1. The molecule has 3 aromatic rings. The Kier molecular flexibility index (Phi) is 5.39. The van der Waals surface area contributed by atoms with Crippen molar-refractivity contribution in [3.8, 4) is 5.75 Å². The van der Waals surface area contributed by atoms with E-state index in [1.807, 2.05) is 36.4 Å². The minimum absolute atomic E-state index is 0.387. The molecule has 3 aromatic carbocycles. The van der Waals surface area contributed by atoms with Crippen LogP contribution >= 0.6 is 11.6 Å². The number of hydrogen-bond donors (Lipinski definition) is 2. The molecule has 3 rings (SSSR count). The van der Waals surface area contributed by atoms with Gasteiger partial charge in [0.25, 0.3) is 11.8 Å². The van der Waals surface area contributed by atoms with E-state index in [9.17, 15) is 9.59 Å². The number of hydrogen-bond acceptors (Lipinski definition) is 3. The van der Waals surface area contributed by atoms with Crippen molar-refractivity contribution >= 4 is 34.2 Å². The average molecular weight is 369 g/mol. The summed E-state index contributed by atoms with van der Waals surface area (Å²) >= 11 is 5.78. The minimum atomic E-state index is -0.776. The number of benzene rings is 3. The first-order valence-corrected chi connectivity index (χ1v) is 8.42. The molecule has 0 aliphatic carbocycles. The van der Waals surface area contributed by atoms with E-state index in [4.69, 9.17) is 16.3 Å². The van der Waals surface area contributed by atoms with Crippen LogP contribution in [0.2, 0.25) is 5.02 Å². The molecule has 0 bridgehead atoms. The number of carbonyl (C=O) groups excluding carboxylic acids is 2. The lowest BCUT2D eigenvalue weighted by atomic mass is 10.1. The van der Waals surface area contributed by atoms with Gasteiger partial charge in [-0.25, -0.2) is 0 Å². The summed E-state index contributed by atoms with van der Waals surface area (Å²) in [5.41, 5.74) is 5.10. The van der Waals surface area contributed by atoms with Crippen LogP contribution in [0.4, 0.5) is 0 Å². The first-order valence-electron chi connectivity index (χ1n) is 8.04. The summed E-state index contributed by atoms with van der Waals surface area (Å²) in [6.07, 6.45) is -0.776. The molecule has 0 fully saturated rings. The van der Waals surface area contributed by atoms with Crippen molar-refractivity contribution in [1.29, 1.82) is 0 Å². The second kappa shape index (κ2) is 7.89. The predicted octanol–water partition coefficient (Wildman–Crippen LogP) is 3.72. The lowest BCUT2D eigenvalue weighted by molar-refractivity contribution is -0.128. The number of carbonyl (C=O) groups is 2. The van der Waals surface area contributed by atoms with Crippen molar-refractivity contribution in [2.75, 3.05) is 0 Å². The van der Waals surface area contributed by atoms with E-state index in [0.717, 1.165) is 10.8 Å². The lowest BCUT2D eigenvalue weighted by Gasteiger charge is -2.15. The van der Waals surface area contributed by atoms with Gasteiger partial charge in [0.15, 0.2) is 6.10 Å². The maximum absolute atomic E-state index is 12.1. The smallest absolute Gasteiger partial charge is 0.279 e. The second-order valence-electron chi connectivity index (χ2n) is 5.72. The Morgan fingerprint density at radius 2 is 1.62 bits per heavy atom. The molecule has 26 heavy (non-hydrogen) atoms. The Balaban J connectivity index is 1.56. The predicted molar refractivity (Wildman–Crippen MR) is 101 cm³/mol. The summed E-state index contributed by atoms with van der Waals surface area (Å²) in [6.45, 7) is 1.61. The summed E-state index contributed by atoms with van der Waals surface area (Å²) in [5, 5.41) is 2.64. The molecule has 132 valence electrons. The van der Waals surface area contributed by atoms with E-state index in [-0.39, 0.29) is 0 Å². The third-order valence-corrected chi connectivity index (χ3v) is 4.06. The van der Waals surface area contributed by atoms with Crippen molar-refractivity contribution in [2.24, 2.45) is 0 Å². The molecule has 0 aliphatic heterocycles. The fourth-order valence-corrected chi connectivity index (χ4v) is 2.52. The molecule has 2 amide bonds. The highest BCUT2D eigenvalue weighted by atomic mass is 35.5. The van der Waals surface area contributed by atoms with Crippen LogP contribution in [0.25, 0.3) is 10.8 Å². The zero-order valence-electron chi connectivity index (χ0n) is 14.0. The first kappa shape index (κ1) is 17.8. The van der Waals surface area contributed by atoms with Gasteiger partial charge in [-0.2, -0.15) is 0 Å². The van der Waals surface area contributed by atoms with Crippen LogP contribution in [0.1, 0.15) is 17.3 Å². The molecular weight excluding hydrogens is 352 g/mol. The fraction of sp³-hybridized carbons (Fsp3) is 0.100. The standard InChI is InChI=1S/C20H17ClN2O3/c1-13(26-18-11-8-14-4-2-3-5-16(14)12-18)19(24)22-23-20(25)15-6-9-17(21)10-7-15/h2-13H,1H3,(H,22,24)(H,23,25)/t13-/m0/s1. The Morgan fingerprint density at radius 1 is 0.923 bits per heavy atom. The van der Waals surface area contributed by atoms with Crippen LogP contribution in [-0.4, -0.2) is 17.9 Å². The van der Waals surface area contributed by atoms with Crippen molar-refractivity contribution in [2.45, 2.75) is 13.0 Å². The Hall–Kier alpha value is -3.05. The van der Waals surface area contributed by atoms with Crippen LogP contribution < -0.4 is 15.6 Å². The van der Waals surface area contributed by atoms with Gasteiger partial charge >= 0.3 is 0 Å². The maximum Gasteiger partial charge on any atom is 0.279 e. The highest BCUT2D eigenvalue weighted by Gasteiger charge is 2.16. The van der Waals surface area contributed by atoms with Gasteiger partial charge in [0.2, 0.25) is 0 Å². The van der Waals surface area contributed by atoms with Gasteiger partial charge in [-0.05, 0) is 54.1 Å². The molecule has 0 saturated heterocycles. The third-order valence-electron chi connectivity index (χ3n) is 3.81. The van der Waals surface area contributed by atoms with Crippen LogP contribution in [0, 0.1) is 0 Å². The zero-order valence-corrected chi connectivity index (χ0v) is 14.8. The molecule has 0 aromatic heterocycles. The van der Waals surface area contributed by atoms with Crippen LogP contribution in [0.15, 0.2) is 66.7 Å². The van der Waals surface area contributed by atoms with Gasteiger partial charge in [-0.15, -0.1) is 0 Å². The molecule has 0 radical (unpaired) electrons. The van der Waals surface area contributed by atoms with Crippen molar-refractivity contribution < 1.29 is 14.3 Å². The molecular formula is C20H17ClN2O3. The third kappa shape index (κ3) is 4.32. The van der Waals surface area contributed by atoms with Gasteiger partial charge in [0.05, 0.1) is 0 Å². The first-order chi connectivity index (χ1) is 12.5. The maximum atomic E-state index is 12.1. The number of rotatable bonds is 4. The summed E-state index contributed by atoms with van der Waals surface area (Å²) < 4.78 is 5.66. The van der Waals surface area contributed by atoms with Crippen molar-refractivity contribution in [1.82, 2.24) is 10.9 Å². The largest absolute Gasteiger partial charge is 0.481 e. The molecule has 1 atom stereocenters. The summed E-state index contributed by atoms with van der Waals surface area (Å²) in [7, 11) is 0. The van der Waals surface area contributed by atoms with Crippen LogP contribution in [0.5, 0.6) is 5.75 Å². The Labute approximate surface area is 155 Å². The molecule has 5 nitrogen and oxygen atoms in total. The number of amides is 2. The average Bonchev–Trinajstić information content (AvgIpc) is 2.66. The molecule has 0 aliphatic rings. The van der Waals surface area contributed by atoms with Crippen molar-refractivity contribution in [3.05, 3.63) is 77.3 Å². The van der Waals surface area contributed by atoms with E-state index in [1.54, 1.807) is 37.3 Å². The van der Waals surface area contributed by atoms with E-state index in [2.05, 4.69) is 10.9 Å². The van der Waals surface area contributed by atoms with Crippen molar-refractivity contribution in [3.63, 3.8) is 0 Å². The van der Waals surface area contributed by atoms with Crippen LogP contribution in [0.3, 0.4) is 0 Å². The molecule has 0 heterocycles. The summed E-state index contributed by atoms with van der Waals surface area (Å²) in [6, 6.07) is 19.8. The van der Waals surface area contributed by atoms with E-state index < -0.39 is 17.9 Å². The van der Waals surface area contributed by atoms with Gasteiger partial charge in [0, 0.05) is 10.6 Å². The van der Waals surface area contributed by atoms with E-state index in [0.29, 0.717) is 16.3 Å².